The second kappa shape index (κ2) is 8.10. The van der Waals surface area contributed by atoms with Crippen LogP contribution in [0.15, 0.2) is 46.3 Å². The first-order valence-electron chi connectivity index (χ1n) is 7.98. The number of aromatic nitrogens is 1. The number of hydrogen-bond donors (Lipinski definition) is 0. The zero-order valence-electron chi connectivity index (χ0n) is 14.6. The van der Waals surface area contributed by atoms with Crippen LogP contribution in [0.25, 0.3) is 10.2 Å². The van der Waals surface area contributed by atoms with E-state index >= 15 is 0 Å². The molecule has 1 aromatic heterocycles. The molecule has 28 heavy (non-hydrogen) atoms. The van der Waals surface area contributed by atoms with Gasteiger partial charge in [0.05, 0.1) is 38.1 Å². The molecule has 0 aliphatic heterocycles. The van der Waals surface area contributed by atoms with Crippen molar-refractivity contribution >= 4 is 60.5 Å². The number of amides is 1. The number of carbonyl (C=O) groups excluding carboxylic acids is 1. The molecule has 2 aromatic carbocycles. The summed E-state index contributed by atoms with van der Waals surface area (Å²) in [6, 6.07) is 9.47. The van der Waals surface area contributed by atoms with E-state index in [9.17, 15) is 13.2 Å². The fourth-order valence-electron chi connectivity index (χ4n) is 2.61. The summed E-state index contributed by atoms with van der Waals surface area (Å²) >= 11 is 13.8. The molecule has 0 radical (unpaired) electrons. The van der Waals surface area contributed by atoms with Gasteiger partial charge in [-0.05, 0) is 29.8 Å². The van der Waals surface area contributed by atoms with Crippen LogP contribution in [0, 0.1) is 12.3 Å². The lowest BCUT2D eigenvalue weighted by Gasteiger charge is -2.03. The molecule has 0 saturated carbocycles. The Kier molecular flexibility index (Phi) is 5.96. The second-order valence-electron chi connectivity index (χ2n) is 5.98. The van der Waals surface area contributed by atoms with E-state index in [1.165, 1.54) is 23.5 Å². The first-order chi connectivity index (χ1) is 13.2. The fraction of sp³-hybridized carbons (Fsp3) is 0.158. The van der Waals surface area contributed by atoms with E-state index in [1.807, 2.05) is 0 Å². The molecule has 0 aliphatic carbocycles. The summed E-state index contributed by atoms with van der Waals surface area (Å²) in [6.45, 7) is 0.190. The lowest BCUT2D eigenvalue weighted by molar-refractivity contribution is -0.117. The van der Waals surface area contributed by atoms with Crippen LogP contribution in [0.5, 0.6) is 0 Å². The summed E-state index contributed by atoms with van der Waals surface area (Å²) < 4.78 is 25.4. The summed E-state index contributed by atoms with van der Waals surface area (Å²) in [5.41, 5.74) is 1.29. The number of hydrogen-bond acceptors (Lipinski definition) is 4. The minimum absolute atomic E-state index is 0.0236. The number of terminal acetylenes is 1. The van der Waals surface area contributed by atoms with Crippen molar-refractivity contribution in [1.29, 1.82) is 0 Å². The minimum atomic E-state index is -3.29. The van der Waals surface area contributed by atoms with Gasteiger partial charge >= 0.3 is 0 Å². The average Bonchev–Trinajstić information content (AvgIpc) is 2.98. The van der Waals surface area contributed by atoms with Crippen molar-refractivity contribution in [3.8, 4) is 12.3 Å². The number of halogens is 2. The molecule has 0 fully saturated rings. The van der Waals surface area contributed by atoms with E-state index in [2.05, 4.69) is 10.9 Å². The quantitative estimate of drug-likeness (QED) is 0.566. The Morgan fingerprint density at radius 1 is 1.18 bits per heavy atom. The van der Waals surface area contributed by atoms with Crippen LogP contribution in [0.2, 0.25) is 10.0 Å². The van der Waals surface area contributed by atoms with Crippen molar-refractivity contribution in [2.45, 2.75) is 17.9 Å². The molecule has 144 valence electrons. The smallest absolute Gasteiger partial charge is 0.252 e. The van der Waals surface area contributed by atoms with Crippen LogP contribution in [0.1, 0.15) is 5.56 Å². The third-order valence-corrected chi connectivity index (χ3v) is 6.88. The van der Waals surface area contributed by atoms with E-state index in [0.29, 0.717) is 30.6 Å². The zero-order valence-corrected chi connectivity index (χ0v) is 17.8. The van der Waals surface area contributed by atoms with Crippen molar-refractivity contribution in [3.63, 3.8) is 0 Å². The molecular formula is C19H14Cl2N2O3S2. The van der Waals surface area contributed by atoms with E-state index in [-0.39, 0.29) is 17.9 Å². The first kappa shape index (κ1) is 20.6. The molecule has 0 spiro atoms. The van der Waals surface area contributed by atoms with Crippen molar-refractivity contribution in [2.75, 3.05) is 6.26 Å². The fourth-order valence-corrected chi connectivity index (χ4v) is 4.90. The van der Waals surface area contributed by atoms with Crippen molar-refractivity contribution in [3.05, 3.63) is 56.8 Å². The minimum Gasteiger partial charge on any atom is -0.303 e. The molecule has 0 N–H and O–H groups in total. The number of rotatable bonds is 4. The van der Waals surface area contributed by atoms with Crippen LogP contribution in [0.4, 0.5) is 0 Å². The molecule has 3 aromatic rings. The predicted octanol–water partition coefficient (Wildman–Crippen LogP) is 3.72. The highest BCUT2D eigenvalue weighted by Gasteiger charge is 2.14. The maximum Gasteiger partial charge on any atom is 0.252 e. The van der Waals surface area contributed by atoms with E-state index in [1.54, 1.807) is 28.8 Å². The molecule has 0 unspecified atom stereocenters. The molecule has 0 saturated heterocycles. The number of sulfone groups is 1. The Balaban J connectivity index is 1.99. The first-order valence-corrected chi connectivity index (χ1v) is 11.4. The number of thiazole rings is 1. The van der Waals surface area contributed by atoms with Crippen LogP contribution < -0.4 is 4.80 Å². The van der Waals surface area contributed by atoms with Gasteiger partial charge in [0.2, 0.25) is 0 Å². The van der Waals surface area contributed by atoms with Crippen molar-refractivity contribution < 1.29 is 13.2 Å². The Bertz CT molecular complexity index is 1280. The van der Waals surface area contributed by atoms with Gasteiger partial charge in [-0.25, -0.2) is 8.42 Å². The largest absolute Gasteiger partial charge is 0.303 e. The summed E-state index contributed by atoms with van der Waals surface area (Å²) in [7, 11) is -3.29. The van der Waals surface area contributed by atoms with Crippen molar-refractivity contribution in [2.24, 2.45) is 4.99 Å². The lowest BCUT2D eigenvalue weighted by atomic mass is 10.1. The number of benzene rings is 2. The van der Waals surface area contributed by atoms with Gasteiger partial charge < -0.3 is 4.57 Å². The number of carbonyl (C=O) groups is 1. The SMILES string of the molecule is C#CCn1c(=NC(=O)Cc2ccc(S(C)(=O)=O)cc2)sc2c(Cl)ccc(Cl)c21. The molecule has 9 heteroatoms. The van der Waals surface area contributed by atoms with Crippen molar-refractivity contribution in [1.82, 2.24) is 4.57 Å². The van der Waals surface area contributed by atoms with Crippen LogP contribution in [0.3, 0.4) is 0 Å². The van der Waals surface area contributed by atoms with Crippen LogP contribution >= 0.6 is 34.5 Å². The third-order valence-electron chi connectivity index (χ3n) is 3.90. The van der Waals surface area contributed by atoms with E-state index in [0.717, 1.165) is 6.26 Å². The molecule has 1 heterocycles. The molecule has 5 nitrogen and oxygen atoms in total. The van der Waals surface area contributed by atoms with E-state index < -0.39 is 15.7 Å². The molecule has 0 bridgehead atoms. The zero-order chi connectivity index (χ0) is 20.5. The van der Waals surface area contributed by atoms with Gasteiger partial charge in [0.1, 0.15) is 0 Å². The normalized spacial score (nSPS) is 12.3. The Morgan fingerprint density at radius 2 is 1.82 bits per heavy atom. The Morgan fingerprint density at radius 3 is 2.43 bits per heavy atom. The highest BCUT2D eigenvalue weighted by Crippen LogP contribution is 2.31. The molecular weight excluding hydrogens is 439 g/mol. The molecule has 1 amide bonds. The van der Waals surface area contributed by atoms with Gasteiger partial charge in [-0.2, -0.15) is 4.99 Å². The summed E-state index contributed by atoms with van der Waals surface area (Å²) in [5, 5.41) is 0.969. The third kappa shape index (κ3) is 4.31. The molecule has 0 atom stereocenters. The van der Waals surface area contributed by atoms with Gasteiger partial charge in [-0.15, -0.1) is 6.42 Å². The monoisotopic (exact) mass is 452 g/mol. The lowest BCUT2D eigenvalue weighted by Crippen LogP contribution is -2.17. The van der Waals surface area contributed by atoms with E-state index in [4.69, 9.17) is 29.6 Å². The van der Waals surface area contributed by atoms with Gasteiger partial charge in [-0.1, -0.05) is 52.6 Å². The average molecular weight is 453 g/mol. The second-order valence-corrected chi connectivity index (χ2v) is 9.79. The Labute approximate surface area is 176 Å². The predicted molar refractivity (Wildman–Crippen MR) is 112 cm³/mol. The van der Waals surface area contributed by atoms with Crippen LogP contribution in [-0.2, 0) is 27.6 Å². The maximum absolute atomic E-state index is 12.5. The summed E-state index contributed by atoms with van der Waals surface area (Å²) in [6.07, 6.45) is 6.61. The summed E-state index contributed by atoms with van der Waals surface area (Å²) in [5.74, 6) is 2.14. The van der Waals surface area contributed by atoms with Gasteiger partial charge in [0, 0.05) is 6.26 Å². The number of nitrogens with zero attached hydrogens (tertiary/aromatic N) is 2. The summed E-state index contributed by atoms with van der Waals surface area (Å²) in [4.78, 5) is 17.2. The topological polar surface area (TPSA) is 68.5 Å². The molecule has 0 aliphatic rings. The Hall–Kier alpha value is -2.11. The van der Waals surface area contributed by atoms with Crippen LogP contribution in [-0.4, -0.2) is 25.1 Å². The highest BCUT2D eigenvalue weighted by molar-refractivity contribution is 7.90. The highest BCUT2D eigenvalue weighted by atomic mass is 35.5. The van der Waals surface area contributed by atoms with Gasteiger partial charge in [0.25, 0.3) is 5.91 Å². The molecule has 3 rings (SSSR count). The maximum atomic E-state index is 12.5. The number of fused-ring (bicyclic) bond motifs is 1. The van der Waals surface area contributed by atoms with Gasteiger partial charge in [-0.3, -0.25) is 4.79 Å². The standard InChI is InChI=1S/C19H14Cl2N2O3S2/c1-3-10-23-17-14(20)8-9-15(21)18(17)27-19(23)22-16(24)11-12-4-6-13(7-5-12)28(2,25)26/h1,4-9H,10-11H2,2H3. The van der Waals surface area contributed by atoms with Gasteiger partial charge in [0.15, 0.2) is 14.6 Å².